The maximum absolute atomic E-state index is 6.38. The molecule has 2 aromatic rings. The number of fused-ring (bicyclic) bond motifs is 1. The molecule has 1 aromatic carbocycles. The van der Waals surface area contributed by atoms with Crippen LogP contribution in [-0.4, -0.2) is 15.4 Å². The van der Waals surface area contributed by atoms with Gasteiger partial charge in [-0.05, 0) is 31.4 Å². The zero-order chi connectivity index (χ0) is 13.4. The molecule has 0 N–H and O–H groups in total. The van der Waals surface area contributed by atoms with E-state index in [0.29, 0.717) is 11.9 Å². The highest BCUT2D eigenvalue weighted by Crippen LogP contribution is 2.38. The molecule has 1 aliphatic carbocycles. The molecule has 1 fully saturated rings. The monoisotopic (exact) mass is 296 g/mol. The summed E-state index contributed by atoms with van der Waals surface area (Å²) >= 11 is 12.3. The van der Waals surface area contributed by atoms with Gasteiger partial charge in [0.15, 0.2) is 0 Å². The summed E-state index contributed by atoms with van der Waals surface area (Å²) in [7, 11) is 0. The summed E-state index contributed by atoms with van der Waals surface area (Å²) in [6.45, 7) is 2.26. The van der Waals surface area contributed by atoms with Gasteiger partial charge in [0.05, 0.1) is 16.1 Å². The first kappa shape index (κ1) is 13.3. The van der Waals surface area contributed by atoms with E-state index >= 15 is 0 Å². The lowest BCUT2D eigenvalue weighted by Crippen LogP contribution is -2.11. The van der Waals surface area contributed by atoms with E-state index in [9.17, 15) is 0 Å². The van der Waals surface area contributed by atoms with Crippen LogP contribution >= 0.6 is 23.2 Å². The molecule has 3 rings (SSSR count). The molecule has 0 aliphatic heterocycles. The molecule has 1 heterocycles. The van der Waals surface area contributed by atoms with E-state index in [1.165, 1.54) is 19.3 Å². The van der Waals surface area contributed by atoms with Crippen molar-refractivity contribution >= 4 is 34.2 Å². The van der Waals surface area contributed by atoms with Crippen LogP contribution in [-0.2, 0) is 6.42 Å². The average molecular weight is 297 g/mol. The van der Waals surface area contributed by atoms with Crippen molar-refractivity contribution in [2.45, 2.75) is 38.6 Å². The Bertz CT molecular complexity index is 587. The summed E-state index contributed by atoms with van der Waals surface area (Å²) in [6, 6.07) is 6.36. The molecule has 2 nitrogen and oxygen atoms in total. The van der Waals surface area contributed by atoms with Gasteiger partial charge in [-0.1, -0.05) is 30.5 Å². The quantitative estimate of drug-likeness (QED) is 0.723. The summed E-state index contributed by atoms with van der Waals surface area (Å²) in [5.74, 6) is 2.54. The van der Waals surface area contributed by atoms with Crippen LogP contribution in [0.3, 0.4) is 0 Å². The van der Waals surface area contributed by atoms with Gasteiger partial charge in [0.1, 0.15) is 5.82 Å². The third-order valence-electron chi connectivity index (χ3n) is 3.86. The molecule has 1 aromatic heterocycles. The molecule has 1 aliphatic rings. The highest BCUT2D eigenvalue weighted by Gasteiger charge is 2.26. The number of aryl methyl sites for hydroxylation is 1. The minimum atomic E-state index is 0.440. The first-order valence-electron chi connectivity index (χ1n) is 6.92. The summed E-state index contributed by atoms with van der Waals surface area (Å²) in [4.78, 5) is 4.71. The van der Waals surface area contributed by atoms with Gasteiger partial charge in [-0.3, -0.25) is 0 Å². The van der Waals surface area contributed by atoms with E-state index in [1.807, 2.05) is 18.2 Å². The fourth-order valence-corrected chi connectivity index (χ4v) is 3.26. The fraction of sp³-hybridized carbons (Fsp3) is 0.533. The first-order valence-corrected chi connectivity index (χ1v) is 7.83. The number of nitrogens with zero attached hydrogens (tertiary/aromatic N) is 2. The largest absolute Gasteiger partial charge is 0.324 e. The van der Waals surface area contributed by atoms with E-state index in [2.05, 4.69) is 11.5 Å². The summed E-state index contributed by atoms with van der Waals surface area (Å²) in [6.07, 6.45) is 4.75. The Balaban J connectivity index is 2.08. The molecule has 4 heteroatoms. The molecule has 102 valence electrons. The Labute approximate surface area is 123 Å². The molecule has 1 saturated carbocycles. The fourth-order valence-electron chi connectivity index (χ4n) is 2.83. The Morgan fingerprint density at radius 3 is 2.89 bits per heavy atom. The number of hydrogen-bond acceptors (Lipinski definition) is 1. The van der Waals surface area contributed by atoms with Gasteiger partial charge in [0.2, 0.25) is 0 Å². The molecular weight excluding hydrogens is 279 g/mol. The van der Waals surface area contributed by atoms with Crippen molar-refractivity contribution in [2.75, 3.05) is 5.88 Å². The van der Waals surface area contributed by atoms with Crippen molar-refractivity contribution in [2.24, 2.45) is 5.92 Å². The number of imidazole rings is 1. The lowest BCUT2D eigenvalue weighted by molar-refractivity contribution is 0.474. The van der Waals surface area contributed by atoms with Gasteiger partial charge in [0, 0.05) is 18.3 Å². The van der Waals surface area contributed by atoms with Gasteiger partial charge in [0.25, 0.3) is 0 Å². The average Bonchev–Trinajstić information content (AvgIpc) is 3.09. The van der Waals surface area contributed by atoms with Crippen molar-refractivity contribution in [1.29, 1.82) is 0 Å². The molecule has 19 heavy (non-hydrogen) atoms. The molecule has 1 atom stereocenters. The van der Waals surface area contributed by atoms with E-state index in [0.717, 1.165) is 34.2 Å². The predicted octanol–water partition coefficient (Wildman–Crippen LogP) is 4.83. The van der Waals surface area contributed by atoms with Crippen LogP contribution in [0.1, 0.15) is 38.1 Å². The zero-order valence-electron chi connectivity index (χ0n) is 11.1. The van der Waals surface area contributed by atoms with Crippen molar-refractivity contribution < 1.29 is 0 Å². The van der Waals surface area contributed by atoms with Gasteiger partial charge >= 0.3 is 0 Å². The van der Waals surface area contributed by atoms with E-state index in [1.54, 1.807) is 0 Å². The predicted molar refractivity (Wildman–Crippen MR) is 81.2 cm³/mol. The maximum atomic E-state index is 6.38. The summed E-state index contributed by atoms with van der Waals surface area (Å²) in [5.41, 5.74) is 2.05. The second-order valence-electron chi connectivity index (χ2n) is 5.47. The topological polar surface area (TPSA) is 17.8 Å². The van der Waals surface area contributed by atoms with Gasteiger partial charge < -0.3 is 4.57 Å². The van der Waals surface area contributed by atoms with Crippen molar-refractivity contribution in [3.05, 3.63) is 29.0 Å². The van der Waals surface area contributed by atoms with Crippen LogP contribution < -0.4 is 0 Å². The van der Waals surface area contributed by atoms with E-state index in [4.69, 9.17) is 28.2 Å². The number of para-hydroxylation sites is 1. The third kappa shape index (κ3) is 2.61. The van der Waals surface area contributed by atoms with Gasteiger partial charge in [-0.15, -0.1) is 11.6 Å². The highest BCUT2D eigenvalue weighted by atomic mass is 35.5. The van der Waals surface area contributed by atoms with Gasteiger partial charge in [-0.25, -0.2) is 4.98 Å². The van der Waals surface area contributed by atoms with Crippen molar-refractivity contribution in [3.8, 4) is 0 Å². The number of alkyl halides is 1. The second kappa shape index (κ2) is 5.34. The van der Waals surface area contributed by atoms with Crippen molar-refractivity contribution in [3.63, 3.8) is 0 Å². The summed E-state index contributed by atoms with van der Waals surface area (Å²) in [5, 5.41) is 0.786. The molecule has 0 amide bonds. The molecule has 0 saturated heterocycles. The minimum Gasteiger partial charge on any atom is -0.324 e. The van der Waals surface area contributed by atoms with Crippen LogP contribution in [0.2, 0.25) is 5.02 Å². The number of aromatic nitrogens is 2. The van der Waals surface area contributed by atoms with Gasteiger partial charge in [-0.2, -0.15) is 0 Å². The van der Waals surface area contributed by atoms with Crippen molar-refractivity contribution in [1.82, 2.24) is 9.55 Å². The number of rotatable bonds is 5. The smallest absolute Gasteiger partial charge is 0.111 e. The Hall–Kier alpha value is -0.730. The SMILES string of the molecule is CC(CC1CC1)n1c(CCCl)nc2cccc(Cl)c21. The molecule has 0 radical (unpaired) electrons. The number of hydrogen-bond donors (Lipinski definition) is 0. The van der Waals surface area contributed by atoms with E-state index in [-0.39, 0.29) is 0 Å². The Morgan fingerprint density at radius 2 is 2.21 bits per heavy atom. The zero-order valence-corrected chi connectivity index (χ0v) is 12.6. The van der Waals surface area contributed by atoms with Crippen LogP contribution in [0.15, 0.2) is 18.2 Å². The lowest BCUT2D eigenvalue weighted by Gasteiger charge is -2.17. The molecular formula is C15H18Cl2N2. The second-order valence-corrected chi connectivity index (χ2v) is 6.26. The first-order chi connectivity index (χ1) is 9.20. The Morgan fingerprint density at radius 1 is 1.42 bits per heavy atom. The molecule has 0 spiro atoms. The number of benzene rings is 1. The molecule has 0 bridgehead atoms. The third-order valence-corrected chi connectivity index (χ3v) is 4.36. The lowest BCUT2D eigenvalue weighted by atomic mass is 10.1. The minimum absolute atomic E-state index is 0.440. The normalized spacial score (nSPS) is 17.0. The summed E-state index contributed by atoms with van der Waals surface area (Å²) < 4.78 is 2.30. The molecule has 1 unspecified atom stereocenters. The van der Waals surface area contributed by atoms with Crippen LogP contribution in [0, 0.1) is 5.92 Å². The van der Waals surface area contributed by atoms with Crippen LogP contribution in [0.4, 0.5) is 0 Å². The Kier molecular flexibility index (Phi) is 3.72. The van der Waals surface area contributed by atoms with Crippen LogP contribution in [0.25, 0.3) is 11.0 Å². The van der Waals surface area contributed by atoms with Crippen LogP contribution in [0.5, 0.6) is 0 Å². The highest BCUT2D eigenvalue weighted by molar-refractivity contribution is 6.35. The van der Waals surface area contributed by atoms with E-state index < -0.39 is 0 Å². The number of halogens is 2. The standard InChI is InChI=1S/C15H18Cl2N2/c1-10(9-11-5-6-11)19-14(7-8-16)18-13-4-2-3-12(17)15(13)19/h2-4,10-11H,5-9H2,1H3. The maximum Gasteiger partial charge on any atom is 0.111 e.